The van der Waals surface area contributed by atoms with Crippen molar-refractivity contribution in [3.63, 3.8) is 0 Å². The zero-order chi connectivity index (χ0) is 10.1. The predicted octanol–water partition coefficient (Wildman–Crippen LogP) is 2.90. The molecule has 82 valence electrons. The normalized spacial score (nSPS) is 48.6. The monoisotopic (exact) mass is 213 g/mol. The highest BCUT2D eigenvalue weighted by molar-refractivity contribution is 8.00. The van der Waals surface area contributed by atoms with Crippen molar-refractivity contribution in [2.75, 3.05) is 5.75 Å². The van der Waals surface area contributed by atoms with Crippen LogP contribution < -0.4 is 5.32 Å². The fourth-order valence-electron chi connectivity index (χ4n) is 2.97. The van der Waals surface area contributed by atoms with Crippen LogP contribution in [0.4, 0.5) is 0 Å². The van der Waals surface area contributed by atoms with Crippen LogP contribution in [0.1, 0.15) is 40.0 Å². The molecule has 1 aliphatic carbocycles. The van der Waals surface area contributed by atoms with Crippen molar-refractivity contribution in [1.29, 1.82) is 0 Å². The molecule has 0 radical (unpaired) electrons. The van der Waals surface area contributed by atoms with Crippen LogP contribution in [0.15, 0.2) is 0 Å². The molecule has 2 rings (SSSR count). The van der Waals surface area contributed by atoms with E-state index >= 15 is 0 Å². The summed E-state index contributed by atoms with van der Waals surface area (Å²) in [7, 11) is 0. The molecule has 1 N–H and O–H groups in total. The van der Waals surface area contributed by atoms with Gasteiger partial charge in [-0.3, -0.25) is 0 Å². The van der Waals surface area contributed by atoms with Crippen LogP contribution in [0.2, 0.25) is 0 Å². The van der Waals surface area contributed by atoms with E-state index in [1.165, 1.54) is 25.0 Å². The van der Waals surface area contributed by atoms with E-state index in [9.17, 15) is 0 Å². The molecule has 1 saturated heterocycles. The number of nitrogens with one attached hydrogen (secondary N) is 1. The number of hydrogen-bond donors (Lipinski definition) is 1. The maximum absolute atomic E-state index is 3.91. The highest BCUT2D eigenvalue weighted by Crippen LogP contribution is 2.33. The van der Waals surface area contributed by atoms with E-state index in [0.717, 1.165) is 29.2 Å². The summed E-state index contributed by atoms with van der Waals surface area (Å²) < 4.78 is 0. The van der Waals surface area contributed by atoms with E-state index < -0.39 is 0 Å². The lowest BCUT2D eigenvalue weighted by Crippen LogP contribution is -2.45. The van der Waals surface area contributed by atoms with Gasteiger partial charge in [-0.1, -0.05) is 20.8 Å². The zero-order valence-electron chi connectivity index (χ0n) is 9.62. The lowest BCUT2D eigenvalue weighted by molar-refractivity contribution is 0.323. The molecule has 14 heavy (non-hydrogen) atoms. The molecule has 0 aromatic heterocycles. The van der Waals surface area contributed by atoms with Gasteiger partial charge in [0.25, 0.3) is 0 Å². The van der Waals surface area contributed by atoms with Crippen LogP contribution in [0.25, 0.3) is 0 Å². The molecule has 1 aliphatic heterocycles. The van der Waals surface area contributed by atoms with E-state index in [4.69, 9.17) is 0 Å². The van der Waals surface area contributed by atoms with Crippen molar-refractivity contribution in [2.24, 2.45) is 11.8 Å². The summed E-state index contributed by atoms with van der Waals surface area (Å²) in [5.74, 6) is 3.14. The maximum atomic E-state index is 3.91. The Morgan fingerprint density at radius 2 is 1.64 bits per heavy atom. The molecule has 0 amide bonds. The average Bonchev–Trinajstić information content (AvgIpc) is 2.67. The molecule has 1 saturated carbocycles. The smallest absolute Gasteiger partial charge is 0.0194 e. The van der Waals surface area contributed by atoms with E-state index in [2.05, 4.69) is 37.8 Å². The minimum absolute atomic E-state index is 0.785. The van der Waals surface area contributed by atoms with Gasteiger partial charge in [-0.25, -0.2) is 0 Å². The number of thioether (sulfide) groups is 1. The summed E-state index contributed by atoms with van der Waals surface area (Å²) in [5, 5.41) is 4.73. The van der Waals surface area contributed by atoms with Gasteiger partial charge in [0.05, 0.1) is 0 Å². The summed E-state index contributed by atoms with van der Waals surface area (Å²) in [5.41, 5.74) is 0. The number of rotatable bonds is 2. The van der Waals surface area contributed by atoms with Gasteiger partial charge in [0.1, 0.15) is 0 Å². The van der Waals surface area contributed by atoms with Gasteiger partial charge in [0.15, 0.2) is 0 Å². The van der Waals surface area contributed by atoms with Crippen molar-refractivity contribution >= 4 is 11.8 Å². The SMILES string of the molecule is CC1CCC(C)C1NC1CCSC1C. The zero-order valence-corrected chi connectivity index (χ0v) is 10.4. The molecule has 2 heteroatoms. The second-order valence-corrected chi connectivity index (χ2v) is 6.68. The summed E-state index contributed by atoms with van der Waals surface area (Å²) in [6.07, 6.45) is 4.22. The Balaban J connectivity index is 1.89. The minimum Gasteiger partial charge on any atom is -0.310 e. The van der Waals surface area contributed by atoms with Crippen LogP contribution >= 0.6 is 11.8 Å². The highest BCUT2D eigenvalue weighted by Gasteiger charge is 2.34. The Labute approximate surface area is 92.4 Å². The minimum atomic E-state index is 0.785. The lowest BCUT2D eigenvalue weighted by atomic mass is 9.98. The third-order valence-corrected chi connectivity index (χ3v) is 5.41. The molecular formula is C12H23NS. The molecule has 4 atom stereocenters. The first-order valence-electron chi connectivity index (χ1n) is 6.06. The van der Waals surface area contributed by atoms with Gasteiger partial charge in [0, 0.05) is 17.3 Å². The standard InChI is InChI=1S/C12H23NS/c1-8-4-5-9(2)12(8)13-11-6-7-14-10(11)3/h8-13H,4-7H2,1-3H3. The molecule has 0 spiro atoms. The average molecular weight is 213 g/mol. The maximum Gasteiger partial charge on any atom is 0.0194 e. The van der Waals surface area contributed by atoms with Crippen molar-refractivity contribution in [1.82, 2.24) is 5.32 Å². The summed E-state index contributed by atoms with van der Waals surface area (Å²) in [6, 6.07) is 1.58. The van der Waals surface area contributed by atoms with Gasteiger partial charge in [0.2, 0.25) is 0 Å². The number of hydrogen-bond acceptors (Lipinski definition) is 2. The first-order chi connectivity index (χ1) is 6.68. The predicted molar refractivity (Wildman–Crippen MR) is 64.8 cm³/mol. The topological polar surface area (TPSA) is 12.0 Å². The van der Waals surface area contributed by atoms with Crippen molar-refractivity contribution in [2.45, 2.75) is 57.4 Å². The fourth-order valence-corrected chi connectivity index (χ4v) is 4.18. The van der Waals surface area contributed by atoms with Crippen LogP contribution in [0.3, 0.4) is 0 Å². The van der Waals surface area contributed by atoms with Gasteiger partial charge in [-0.15, -0.1) is 0 Å². The third-order valence-electron chi connectivity index (χ3n) is 4.09. The quantitative estimate of drug-likeness (QED) is 0.757. The Hall–Kier alpha value is 0.310. The molecule has 0 aromatic carbocycles. The van der Waals surface area contributed by atoms with Crippen molar-refractivity contribution < 1.29 is 0 Å². The van der Waals surface area contributed by atoms with Crippen LogP contribution in [0, 0.1) is 11.8 Å². The second-order valence-electron chi connectivity index (χ2n) is 5.20. The van der Waals surface area contributed by atoms with Gasteiger partial charge in [-0.2, -0.15) is 11.8 Å². The molecule has 0 aromatic rings. The molecule has 2 fully saturated rings. The first-order valence-corrected chi connectivity index (χ1v) is 7.11. The van der Waals surface area contributed by atoms with Gasteiger partial charge in [-0.05, 0) is 36.9 Å². The van der Waals surface area contributed by atoms with E-state index in [1.54, 1.807) is 0 Å². The van der Waals surface area contributed by atoms with Crippen molar-refractivity contribution in [3.8, 4) is 0 Å². The highest BCUT2D eigenvalue weighted by atomic mass is 32.2. The second kappa shape index (κ2) is 4.44. The first kappa shape index (κ1) is 10.8. The third kappa shape index (κ3) is 2.11. The summed E-state index contributed by atoms with van der Waals surface area (Å²) in [4.78, 5) is 0. The Morgan fingerprint density at radius 3 is 2.14 bits per heavy atom. The van der Waals surface area contributed by atoms with Gasteiger partial charge < -0.3 is 5.32 Å². The fraction of sp³-hybridized carbons (Fsp3) is 1.00. The molecule has 1 heterocycles. The van der Waals surface area contributed by atoms with Crippen molar-refractivity contribution in [3.05, 3.63) is 0 Å². The molecular weight excluding hydrogens is 190 g/mol. The van der Waals surface area contributed by atoms with E-state index in [-0.39, 0.29) is 0 Å². The largest absolute Gasteiger partial charge is 0.310 e. The van der Waals surface area contributed by atoms with Crippen LogP contribution in [0.5, 0.6) is 0 Å². The van der Waals surface area contributed by atoms with E-state index in [1.807, 2.05) is 0 Å². The lowest BCUT2D eigenvalue weighted by Gasteiger charge is -2.27. The Bertz CT molecular complexity index is 185. The molecule has 4 unspecified atom stereocenters. The van der Waals surface area contributed by atoms with Crippen LogP contribution in [-0.4, -0.2) is 23.1 Å². The summed E-state index contributed by atoms with van der Waals surface area (Å²) in [6.45, 7) is 7.20. The molecule has 1 nitrogen and oxygen atoms in total. The van der Waals surface area contributed by atoms with E-state index in [0.29, 0.717) is 0 Å². The van der Waals surface area contributed by atoms with Crippen LogP contribution in [-0.2, 0) is 0 Å². The molecule has 0 bridgehead atoms. The van der Waals surface area contributed by atoms with Gasteiger partial charge >= 0.3 is 0 Å². The Morgan fingerprint density at radius 1 is 1.00 bits per heavy atom. The Kier molecular flexibility index (Phi) is 3.43. The summed E-state index contributed by atoms with van der Waals surface area (Å²) >= 11 is 2.13. The molecule has 2 aliphatic rings.